The van der Waals surface area contributed by atoms with E-state index in [4.69, 9.17) is 4.74 Å². The van der Waals surface area contributed by atoms with Crippen LogP contribution in [0, 0.1) is 6.92 Å². The van der Waals surface area contributed by atoms with Gasteiger partial charge in [-0.05, 0) is 46.5 Å². The van der Waals surface area contributed by atoms with Crippen LogP contribution in [0.2, 0.25) is 0 Å². The molecular weight excluding hydrogens is 324 g/mol. The van der Waals surface area contributed by atoms with E-state index in [2.05, 4.69) is 71.4 Å². The maximum Gasteiger partial charge on any atom is 0.119 e. The first-order valence-corrected chi connectivity index (χ1v) is 7.88. The summed E-state index contributed by atoms with van der Waals surface area (Å²) >= 11 is 3.85. The Bertz CT molecular complexity index is 779. The molecule has 0 N–H and O–H groups in total. The molecule has 2 heteroatoms. The van der Waals surface area contributed by atoms with Crippen LogP contribution in [0.1, 0.15) is 21.5 Å². The zero-order valence-electron chi connectivity index (χ0n) is 12.1. The van der Waals surface area contributed by atoms with E-state index in [0.717, 1.165) is 5.75 Å². The van der Waals surface area contributed by atoms with Gasteiger partial charge in [-0.3, -0.25) is 0 Å². The highest BCUT2D eigenvalue weighted by Crippen LogP contribution is 2.37. The fourth-order valence-corrected chi connectivity index (χ4v) is 3.36. The molecule has 0 fully saturated rings. The Morgan fingerprint density at radius 3 is 2.43 bits per heavy atom. The normalized spacial score (nSPS) is 12.3. The molecule has 0 saturated heterocycles. The van der Waals surface area contributed by atoms with Crippen molar-refractivity contribution in [2.45, 2.75) is 11.8 Å². The molecule has 3 rings (SSSR count). The summed E-state index contributed by atoms with van der Waals surface area (Å²) in [5, 5.41) is 2.60. The summed E-state index contributed by atoms with van der Waals surface area (Å²) in [6, 6.07) is 21.1. The maximum absolute atomic E-state index is 5.33. The molecule has 0 spiro atoms. The van der Waals surface area contributed by atoms with Crippen LogP contribution >= 0.6 is 15.9 Å². The lowest BCUT2D eigenvalue weighted by molar-refractivity contribution is 0.414. The van der Waals surface area contributed by atoms with Gasteiger partial charge in [-0.15, -0.1) is 0 Å². The van der Waals surface area contributed by atoms with Crippen molar-refractivity contribution in [2.75, 3.05) is 7.11 Å². The van der Waals surface area contributed by atoms with Crippen LogP contribution in [0.25, 0.3) is 10.8 Å². The predicted octanol–water partition coefficient (Wildman–Crippen LogP) is 5.64. The van der Waals surface area contributed by atoms with Crippen LogP contribution in [0.4, 0.5) is 0 Å². The largest absolute Gasteiger partial charge is 0.497 e. The SMILES string of the molecule is COc1cccc(C(Br)c2ccc(C)c3ccccc23)c1. The molecule has 0 aliphatic rings. The highest BCUT2D eigenvalue weighted by molar-refractivity contribution is 9.09. The smallest absolute Gasteiger partial charge is 0.119 e. The minimum atomic E-state index is 0.151. The third kappa shape index (κ3) is 2.68. The molecule has 106 valence electrons. The summed E-state index contributed by atoms with van der Waals surface area (Å²) in [7, 11) is 1.70. The predicted molar refractivity (Wildman–Crippen MR) is 92.4 cm³/mol. The van der Waals surface area contributed by atoms with E-state index in [1.54, 1.807) is 7.11 Å². The lowest BCUT2D eigenvalue weighted by Crippen LogP contribution is -1.96. The van der Waals surface area contributed by atoms with Crippen LogP contribution in [0.3, 0.4) is 0 Å². The third-order valence-electron chi connectivity index (χ3n) is 3.84. The molecule has 0 aliphatic carbocycles. The second kappa shape index (κ2) is 5.90. The molecule has 0 heterocycles. The number of alkyl halides is 1. The molecule has 0 amide bonds. The van der Waals surface area contributed by atoms with Gasteiger partial charge in [0.05, 0.1) is 11.9 Å². The van der Waals surface area contributed by atoms with Crippen molar-refractivity contribution in [1.82, 2.24) is 0 Å². The van der Waals surface area contributed by atoms with Gasteiger partial charge in [-0.2, -0.15) is 0 Å². The van der Waals surface area contributed by atoms with Crippen molar-refractivity contribution in [3.8, 4) is 5.75 Å². The highest BCUT2D eigenvalue weighted by Gasteiger charge is 2.14. The van der Waals surface area contributed by atoms with Gasteiger partial charge < -0.3 is 4.74 Å². The van der Waals surface area contributed by atoms with Crippen LogP contribution in [0.15, 0.2) is 60.7 Å². The Kier molecular flexibility index (Phi) is 3.98. The molecule has 0 aromatic heterocycles. The van der Waals surface area contributed by atoms with Crippen molar-refractivity contribution < 1.29 is 4.74 Å². The van der Waals surface area contributed by atoms with Gasteiger partial charge in [-0.1, -0.05) is 64.5 Å². The average molecular weight is 341 g/mol. The van der Waals surface area contributed by atoms with E-state index in [0.29, 0.717) is 0 Å². The van der Waals surface area contributed by atoms with Gasteiger partial charge in [0.15, 0.2) is 0 Å². The maximum atomic E-state index is 5.33. The highest BCUT2D eigenvalue weighted by atomic mass is 79.9. The molecule has 3 aromatic rings. The molecule has 1 unspecified atom stereocenters. The summed E-state index contributed by atoms with van der Waals surface area (Å²) < 4.78 is 5.33. The van der Waals surface area contributed by atoms with Crippen molar-refractivity contribution >= 4 is 26.7 Å². The zero-order valence-corrected chi connectivity index (χ0v) is 13.7. The number of fused-ring (bicyclic) bond motifs is 1. The molecule has 1 atom stereocenters. The van der Waals surface area contributed by atoms with Crippen molar-refractivity contribution in [3.63, 3.8) is 0 Å². The molecule has 21 heavy (non-hydrogen) atoms. The molecule has 0 aliphatic heterocycles. The van der Waals surface area contributed by atoms with E-state index < -0.39 is 0 Å². The number of aryl methyl sites for hydroxylation is 1. The number of ether oxygens (including phenoxy) is 1. The molecule has 0 radical (unpaired) electrons. The summed E-state index contributed by atoms with van der Waals surface area (Å²) in [4.78, 5) is 0.151. The summed E-state index contributed by atoms with van der Waals surface area (Å²) in [5.41, 5.74) is 3.78. The molecular formula is C19H17BrO. The van der Waals surface area contributed by atoms with Gasteiger partial charge >= 0.3 is 0 Å². The van der Waals surface area contributed by atoms with Crippen molar-refractivity contribution in [1.29, 1.82) is 0 Å². The van der Waals surface area contributed by atoms with Gasteiger partial charge in [0.1, 0.15) is 5.75 Å². The van der Waals surface area contributed by atoms with Crippen LogP contribution in [0.5, 0.6) is 5.75 Å². The summed E-state index contributed by atoms with van der Waals surface area (Å²) in [6.07, 6.45) is 0. The van der Waals surface area contributed by atoms with E-state index in [1.807, 2.05) is 12.1 Å². The fourth-order valence-electron chi connectivity index (χ4n) is 2.67. The first-order valence-electron chi connectivity index (χ1n) is 6.97. The van der Waals surface area contributed by atoms with Gasteiger partial charge in [0.2, 0.25) is 0 Å². The molecule has 0 bridgehead atoms. The van der Waals surface area contributed by atoms with Crippen LogP contribution in [-0.2, 0) is 0 Å². The van der Waals surface area contributed by atoms with Gasteiger partial charge in [0, 0.05) is 0 Å². The first kappa shape index (κ1) is 14.2. The number of hydrogen-bond donors (Lipinski definition) is 0. The Morgan fingerprint density at radius 1 is 0.905 bits per heavy atom. The second-order valence-corrected chi connectivity index (χ2v) is 6.07. The number of halogens is 1. The van der Waals surface area contributed by atoms with E-state index in [9.17, 15) is 0 Å². The van der Waals surface area contributed by atoms with E-state index in [1.165, 1.54) is 27.5 Å². The lowest BCUT2D eigenvalue weighted by Gasteiger charge is -2.15. The molecule has 0 saturated carbocycles. The monoisotopic (exact) mass is 340 g/mol. The fraction of sp³-hybridized carbons (Fsp3) is 0.158. The summed E-state index contributed by atoms with van der Waals surface area (Å²) in [6.45, 7) is 2.15. The Hall–Kier alpha value is -1.80. The molecule has 3 aromatic carbocycles. The zero-order chi connectivity index (χ0) is 14.8. The average Bonchev–Trinajstić information content (AvgIpc) is 2.55. The Balaban J connectivity index is 2.13. The van der Waals surface area contributed by atoms with Gasteiger partial charge in [-0.25, -0.2) is 0 Å². The van der Waals surface area contributed by atoms with Crippen LogP contribution < -0.4 is 4.74 Å². The van der Waals surface area contributed by atoms with Crippen molar-refractivity contribution in [3.05, 3.63) is 77.4 Å². The van der Waals surface area contributed by atoms with Gasteiger partial charge in [0.25, 0.3) is 0 Å². The Labute approximate surface area is 133 Å². The standard InChI is InChI=1S/C19H17BrO/c1-13-10-11-18(17-9-4-3-8-16(13)17)19(20)14-6-5-7-15(12-14)21-2/h3-12,19H,1-2H3. The Morgan fingerprint density at radius 2 is 1.67 bits per heavy atom. The number of hydrogen-bond acceptors (Lipinski definition) is 1. The van der Waals surface area contributed by atoms with E-state index in [-0.39, 0.29) is 4.83 Å². The molecule has 1 nitrogen and oxygen atoms in total. The number of benzene rings is 3. The van der Waals surface area contributed by atoms with Crippen LogP contribution in [-0.4, -0.2) is 7.11 Å². The number of methoxy groups -OCH3 is 1. The second-order valence-electron chi connectivity index (χ2n) is 5.16. The van der Waals surface area contributed by atoms with E-state index >= 15 is 0 Å². The quantitative estimate of drug-likeness (QED) is 0.560. The third-order valence-corrected chi connectivity index (χ3v) is 4.86. The number of rotatable bonds is 3. The lowest BCUT2D eigenvalue weighted by atomic mass is 9.95. The minimum absolute atomic E-state index is 0.151. The van der Waals surface area contributed by atoms with Crippen molar-refractivity contribution in [2.24, 2.45) is 0 Å². The topological polar surface area (TPSA) is 9.23 Å². The first-order chi connectivity index (χ1) is 10.2. The minimum Gasteiger partial charge on any atom is -0.497 e. The summed E-state index contributed by atoms with van der Waals surface area (Å²) in [5.74, 6) is 0.883.